The Morgan fingerprint density at radius 2 is 1.63 bits per heavy atom. The zero-order valence-electron chi connectivity index (χ0n) is 21.9. The number of rotatable bonds is 7. The minimum Gasteiger partial charge on any atom is -0.365 e. The summed E-state index contributed by atoms with van der Waals surface area (Å²) in [4.78, 5) is 16.8. The van der Waals surface area contributed by atoms with Gasteiger partial charge in [0.2, 0.25) is 5.95 Å². The minimum absolute atomic E-state index is 0.221. The van der Waals surface area contributed by atoms with Crippen LogP contribution in [-0.4, -0.2) is 55.6 Å². The second-order valence-corrected chi connectivity index (χ2v) is 11.3. The number of nitrogens with two attached hydrogens (primary N) is 1. The van der Waals surface area contributed by atoms with Crippen molar-refractivity contribution in [1.29, 1.82) is 0 Å². The Morgan fingerprint density at radius 3 is 2.39 bits per heavy atom. The molecule has 0 bridgehead atoms. The van der Waals surface area contributed by atoms with Gasteiger partial charge in [0.15, 0.2) is 17.0 Å². The Kier molecular flexibility index (Phi) is 7.43. The lowest BCUT2D eigenvalue weighted by molar-refractivity contribution is 0.208. The van der Waals surface area contributed by atoms with Gasteiger partial charge < -0.3 is 20.9 Å². The fraction of sp³-hybridized carbons (Fsp3) is 0.607. The molecule has 3 fully saturated rings. The number of benzene rings is 1. The molecule has 2 aromatic heterocycles. The predicted molar refractivity (Wildman–Crippen MR) is 145 cm³/mol. The fourth-order valence-electron chi connectivity index (χ4n) is 6.31. The molecule has 1 saturated heterocycles. The van der Waals surface area contributed by atoms with E-state index in [4.69, 9.17) is 20.7 Å². The first kappa shape index (κ1) is 25.4. The molecule has 3 aliphatic rings. The van der Waals surface area contributed by atoms with Crippen molar-refractivity contribution >= 4 is 22.9 Å². The Balaban J connectivity index is 1.18. The SMILES string of the molecule is NC1CCC(Nc2nc(NC3CCN(Cc4cc(F)ccc4F)CC3)c3ncn(C4CCCC4)c3n2)CC1. The van der Waals surface area contributed by atoms with E-state index in [1.54, 1.807) is 0 Å². The van der Waals surface area contributed by atoms with Crippen LogP contribution in [0.2, 0.25) is 0 Å². The molecule has 0 atom stereocenters. The monoisotopic (exact) mass is 524 g/mol. The van der Waals surface area contributed by atoms with Gasteiger partial charge in [0, 0.05) is 49.4 Å². The standard InChI is InChI=1S/C28H38F2N8/c29-19-5-10-24(30)18(15-19)16-37-13-11-22(12-14-37)33-26-25-27(38(17-32-25)23-3-1-2-4-23)36-28(35-26)34-21-8-6-20(31)7-9-21/h5,10,15,17,20-23H,1-4,6-9,11-14,16,31H2,(H2,33,34,35,36). The van der Waals surface area contributed by atoms with Gasteiger partial charge in [0.05, 0.1) is 6.33 Å². The molecule has 3 aromatic rings. The molecule has 8 nitrogen and oxygen atoms in total. The number of piperidine rings is 1. The van der Waals surface area contributed by atoms with Gasteiger partial charge in [-0.3, -0.25) is 4.90 Å². The van der Waals surface area contributed by atoms with Crippen LogP contribution >= 0.6 is 0 Å². The van der Waals surface area contributed by atoms with Crippen LogP contribution in [0.25, 0.3) is 11.2 Å². The Morgan fingerprint density at radius 1 is 0.895 bits per heavy atom. The molecule has 2 saturated carbocycles. The lowest BCUT2D eigenvalue weighted by Gasteiger charge is -2.32. The number of hydrogen-bond donors (Lipinski definition) is 3. The first-order chi connectivity index (χ1) is 18.5. The molecular formula is C28H38F2N8. The lowest BCUT2D eigenvalue weighted by Crippen LogP contribution is -2.39. The first-order valence-electron chi connectivity index (χ1n) is 14.2. The van der Waals surface area contributed by atoms with Gasteiger partial charge in [-0.15, -0.1) is 0 Å². The molecule has 6 rings (SSSR count). The zero-order chi connectivity index (χ0) is 26.1. The summed E-state index contributed by atoms with van der Waals surface area (Å²) in [6.07, 6.45) is 12.6. The van der Waals surface area contributed by atoms with Crippen LogP contribution in [0.15, 0.2) is 24.5 Å². The van der Waals surface area contributed by atoms with E-state index in [0.717, 1.165) is 87.5 Å². The summed E-state index contributed by atoms with van der Waals surface area (Å²) in [7, 11) is 0. The molecule has 1 aromatic carbocycles. The number of aromatic nitrogens is 4. The van der Waals surface area contributed by atoms with E-state index in [0.29, 0.717) is 36.2 Å². The van der Waals surface area contributed by atoms with Crippen LogP contribution in [-0.2, 0) is 6.54 Å². The Bertz CT molecular complexity index is 1240. The molecule has 3 heterocycles. The van der Waals surface area contributed by atoms with E-state index in [1.807, 2.05) is 6.33 Å². The lowest BCUT2D eigenvalue weighted by atomic mass is 9.92. The van der Waals surface area contributed by atoms with Gasteiger partial charge in [0.1, 0.15) is 11.6 Å². The molecule has 2 aliphatic carbocycles. The number of anilines is 2. The van der Waals surface area contributed by atoms with Crippen molar-refractivity contribution in [3.05, 3.63) is 41.7 Å². The van der Waals surface area contributed by atoms with Crippen molar-refractivity contribution in [3.8, 4) is 0 Å². The molecule has 0 spiro atoms. The van der Waals surface area contributed by atoms with Crippen molar-refractivity contribution in [2.75, 3.05) is 23.7 Å². The average molecular weight is 525 g/mol. The first-order valence-corrected chi connectivity index (χ1v) is 14.2. The third kappa shape index (κ3) is 5.61. The highest BCUT2D eigenvalue weighted by Crippen LogP contribution is 2.34. The van der Waals surface area contributed by atoms with Crippen LogP contribution < -0.4 is 16.4 Å². The maximum atomic E-state index is 14.1. The van der Waals surface area contributed by atoms with Crippen LogP contribution in [0, 0.1) is 11.6 Å². The normalized spacial score (nSPS) is 23.8. The maximum absolute atomic E-state index is 14.1. The van der Waals surface area contributed by atoms with E-state index in [9.17, 15) is 8.78 Å². The Hall–Kier alpha value is -2.85. The fourth-order valence-corrected chi connectivity index (χ4v) is 6.31. The summed E-state index contributed by atoms with van der Waals surface area (Å²) in [5.74, 6) is 0.673. The zero-order valence-corrected chi connectivity index (χ0v) is 21.9. The van der Waals surface area contributed by atoms with Crippen LogP contribution in [0.4, 0.5) is 20.5 Å². The van der Waals surface area contributed by atoms with Gasteiger partial charge >= 0.3 is 0 Å². The molecule has 0 amide bonds. The maximum Gasteiger partial charge on any atom is 0.227 e. The van der Waals surface area contributed by atoms with Gasteiger partial charge in [-0.25, -0.2) is 13.8 Å². The third-order valence-electron chi connectivity index (χ3n) is 8.57. The van der Waals surface area contributed by atoms with E-state index < -0.39 is 5.82 Å². The van der Waals surface area contributed by atoms with Gasteiger partial charge in [0.25, 0.3) is 0 Å². The molecule has 38 heavy (non-hydrogen) atoms. The molecular weight excluding hydrogens is 486 g/mol. The summed E-state index contributed by atoms with van der Waals surface area (Å²) >= 11 is 0. The average Bonchev–Trinajstić information content (AvgIpc) is 3.59. The van der Waals surface area contributed by atoms with Gasteiger partial charge in [-0.2, -0.15) is 9.97 Å². The summed E-state index contributed by atoms with van der Waals surface area (Å²) in [6.45, 7) is 2.01. The molecule has 204 valence electrons. The molecule has 0 radical (unpaired) electrons. The number of halogens is 2. The van der Waals surface area contributed by atoms with Gasteiger partial charge in [-0.05, 0) is 69.6 Å². The highest BCUT2D eigenvalue weighted by atomic mass is 19.1. The van der Waals surface area contributed by atoms with Crippen LogP contribution in [0.1, 0.15) is 75.8 Å². The number of hydrogen-bond acceptors (Lipinski definition) is 7. The summed E-state index contributed by atoms with van der Waals surface area (Å²) in [6, 6.07) is 4.95. The van der Waals surface area contributed by atoms with Crippen molar-refractivity contribution in [2.45, 2.75) is 94.9 Å². The number of nitrogens with one attached hydrogen (secondary N) is 2. The van der Waals surface area contributed by atoms with Crippen molar-refractivity contribution in [2.24, 2.45) is 5.73 Å². The van der Waals surface area contributed by atoms with Crippen LogP contribution in [0.5, 0.6) is 0 Å². The smallest absolute Gasteiger partial charge is 0.227 e. The summed E-state index contributed by atoms with van der Waals surface area (Å²) in [5.41, 5.74) is 8.23. The minimum atomic E-state index is -0.400. The topological polar surface area (TPSA) is 96.9 Å². The molecule has 4 N–H and O–H groups in total. The van der Waals surface area contributed by atoms with E-state index in [-0.39, 0.29) is 11.9 Å². The number of fused-ring (bicyclic) bond motifs is 1. The number of likely N-dealkylation sites (tertiary alicyclic amines) is 1. The van der Waals surface area contributed by atoms with E-state index >= 15 is 0 Å². The Labute approximate surface area is 222 Å². The quantitative estimate of drug-likeness (QED) is 0.401. The summed E-state index contributed by atoms with van der Waals surface area (Å²) in [5, 5.41) is 7.26. The molecule has 10 heteroatoms. The van der Waals surface area contributed by atoms with E-state index in [2.05, 4.69) is 20.1 Å². The van der Waals surface area contributed by atoms with Crippen molar-refractivity contribution < 1.29 is 8.78 Å². The third-order valence-corrected chi connectivity index (χ3v) is 8.57. The van der Waals surface area contributed by atoms with Crippen LogP contribution in [0.3, 0.4) is 0 Å². The number of imidazole rings is 1. The van der Waals surface area contributed by atoms with Crippen molar-refractivity contribution in [1.82, 2.24) is 24.4 Å². The second kappa shape index (κ2) is 11.1. The number of nitrogens with zero attached hydrogens (tertiary/aromatic N) is 5. The second-order valence-electron chi connectivity index (χ2n) is 11.3. The highest BCUT2D eigenvalue weighted by Gasteiger charge is 2.26. The van der Waals surface area contributed by atoms with Gasteiger partial charge in [-0.1, -0.05) is 12.8 Å². The summed E-state index contributed by atoms with van der Waals surface area (Å²) < 4.78 is 30.0. The van der Waals surface area contributed by atoms with E-state index in [1.165, 1.54) is 25.0 Å². The predicted octanol–water partition coefficient (Wildman–Crippen LogP) is 4.98. The highest BCUT2D eigenvalue weighted by molar-refractivity contribution is 5.84. The van der Waals surface area contributed by atoms with Crippen molar-refractivity contribution in [3.63, 3.8) is 0 Å². The molecule has 0 unspecified atom stereocenters. The largest absolute Gasteiger partial charge is 0.365 e. The molecule has 1 aliphatic heterocycles.